The van der Waals surface area contributed by atoms with Crippen molar-refractivity contribution in [2.45, 2.75) is 49.1 Å². The van der Waals surface area contributed by atoms with E-state index in [2.05, 4.69) is 4.18 Å². The second-order valence-corrected chi connectivity index (χ2v) is 8.49. The van der Waals surface area contributed by atoms with Crippen LogP contribution < -0.4 is 4.72 Å². The minimum Gasteiger partial charge on any atom is -0.475 e. The van der Waals surface area contributed by atoms with E-state index < -0.39 is 88.2 Å². The second kappa shape index (κ2) is 9.56. The molecule has 31 heavy (non-hydrogen) atoms. The van der Waals surface area contributed by atoms with Crippen LogP contribution in [0, 0.1) is 0 Å². The third-order valence-electron chi connectivity index (χ3n) is 4.06. The molecule has 2 aliphatic rings. The number of hydrogen-bond acceptors (Lipinski definition) is 13. The van der Waals surface area contributed by atoms with Crippen LogP contribution in [-0.4, -0.2) is 113 Å². The molecule has 0 aromatic carbocycles. The zero-order valence-electron chi connectivity index (χ0n) is 15.0. The third kappa shape index (κ3) is 6.74. The first-order valence-electron chi connectivity index (χ1n) is 8.11. The highest BCUT2D eigenvalue weighted by Gasteiger charge is 2.50. The average Bonchev–Trinajstić information content (AvgIpc) is 2.61. The molecule has 2 rings (SSSR count). The third-order valence-corrected chi connectivity index (χ3v) is 5.10. The topological polar surface area (TPSA) is 276 Å². The molecule has 0 aromatic rings. The largest absolute Gasteiger partial charge is 0.475 e. The number of ether oxygens (including phenoxy) is 3. The van der Waals surface area contributed by atoms with E-state index in [0.717, 1.165) is 0 Å². The van der Waals surface area contributed by atoms with Gasteiger partial charge in [-0.25, -0.2) is 8.98 Å². The maximum atomic E-state index is 11.1. The van der Waals surface area contributed by atoms with Crippen molar-refractivity contribution in [3.63, 3.8) is 0 Å². The summed E-state index contributed by atoms with van der Waals surface area (Å²) in [6.45, 7) is -0.974. The van der Waals surface area contributed by atoms with E-state index >= 15 is 0 Å². The first-order chi connectivity index (χ1) is 14.1. The van der Waals surface area contributed by atoms with E-state index in [4.69, 9.17) is 28.4 Å². The number of rotatable bonds is 8. The molecule has 17 nitrogen and oxygen atoms in total. The van der Waals surface area contributed by atoms with Crippen LogP contribution in [0.25, 0.3) is 0 Å². The predicted molar refractivity (Wildman–Crippen MR) is 90.3 cm³/mol. The van der Waals surface area contributed by atoms with Crippen molar-refractivity contribution in [2.24, 2.45) is 0 Å². The molecule has 0 aliphatic carbocycles. The maximum Gasteiger partial charge on any atom is 0.397 e. The van der Waals surface area contributed by atoms with Crippen LogP contribution in [-0.2, 0) is 43.9 Å². The fourth-order valence-corrected chi connectivity index (χ4v) is 3.90. The molecule has 2 heterocycles. The quantitative estimate of drug-likeness (QED) is 0.146. The van der Waals surface area contributed by atoms with Crippen molar-refractivity contribution >= 4 is 26.7 Å². The van der Waals surface area contributed by atoms with Gasteiger partial charge in [0.05, 0.1) is 6.61 Å². The first kappa shape index (κ1) is 25.8. The van der Waals surface area contributed by atoms with Crippen LogP contribution in [0.1, 0.15) is 0 Å². The highest BCUT2D eigenvalue weighted by Crippen LogP contribution is 2.29. The van der Waals surface area contributed by atoms with E-state index in [1.807, 2.05) is 0 Å². The number of aliphatic hydroxyl groups excluding tert-OH is 4. The molecule has 1 saturated heterocycles. The Morgan fingerprint density at radius 3 is 2.23 bits per heavy atom. The molecule has 1 unspecified atom stereocenters. The van der Waals surface area contributed by atoms with Gasteiger partial charge in [0.25, 0.3) is 0 Å². The van der Waals surface area contributed by atoms with Gasteiger partial charge in [0.2, 0.25) is 12.0 Å². The summed E-state index contributed by atoms with van der Waals surface area (Å²) in [4.78, 5) is 11.1. The Balaban J connectivity index is 2.36. The summed E-state index contributed by atoms with van der Waals surface area (Å²) >= 11 is 0. The minimum atomic E-state index is -5.25. The molecule has 0 amide bonds. The molecule has 180 valence electrons. The number of carboxylic acids is 1. The lowest BCUT2D eigenvalue weighted by Crippen LogP contribution is -2.66. The van der Waals surface area contributed by atoms with Crippen molar-refractivity contribution in [3.05, 3.63) is 11.8 Å². The fourth-order valence-electron chi connectivity index (χ4n) is 2.82. The van der Waals surface area contributed by atoms with Gasteiger partial charge in [0.1, 0.15) is 30.5 Å². The van der Waals surface area contributed by atoms with Gasteiger partial charge in [0, 0.05) is 0 Å². The van der Waals surface area contributed by atoms with Gasteiger partial charge in [-0.05, 0) is 6.08 Å². The Bertz CT molecular complexity index is 902. The van der Waals surface area contributed by atoms with Crippen LogP contribution in [0.2, 0.25) is 0 Å². The zero-order valence-corrected chi connectivity index (χ0v) is 16.7. The first-order valence-corrected chi connectivity index (χ1v) is 10.9. The van der Waals surface area contributed by atoms with Crippen LogP contribution >= 0.6 is 0 Å². The Morgan fingerprint density at radius 1 is 1.13 bits per heavy atom. The summed E-state index contributed by atoms with van der Waals surface area (Å²) in [6.07, 6.45) is -13.6. The van der Waals surface area contributed by atoms with Gasteiger partial charge in [-0.15, -0.1) is 0 Å². The van der Waals surface area contributed by atoms with Crippen molar-refractivity contribution in [3.8, 4) is 0 Å². The summed E-state index contributed by atoms with van der Waals surface area (Å²) in [5.74, 6) is -2.69. The van der Waals surface area contributed by atoms with Gasteiger partial charge >= 0.3 is 26.7 Å². The predicted octanol–water partition coefficient (Wildman–Crippen LogP) is -4.92. The van der Waals surface area contributed by atoms with E-state index in [0.29, 0.717) is 6.08 Å². The molecular weight excluding hydrogens is 478 g/mol. The zero-order chi connectivity index (χ0) is 23.7. The normalized spacial score (nSPS) is 37.0. The molecule has 8 atom stereocenters. The molecular formula is C12H19NO16S2. The summed E-state index contributed by atoms with van der Waals surface area (Å²) in [7, 11) is -10.2. The van der Waals surface area contributed by atoms with Crippen molar-refractivity contribution in [1.29, 1.82) is 0 Å². The average molecular weight is 497 g/mol. The molecule has 0 aromatic heterocycles. The molecule has 8 N–H and O–H groups in total. The second-order valence-electron chi connectivity index (χ2n) is 6.26. The highest BCUT2D eigenvalue weighted by molar-refractivity contribution is 7.83. The van der Waals surface area contributed by atoms with E-state index in [9.17, 15) is 42.1 Å². The Morgan fingerprint density at radius 2 is 1.74 bits per heavy atom. The summed E-state index contributed by atoms with van der Waals surface area (Å²) in [5.41, 5.74) is 0. The van der Waals surface area contributed by atoms with Crippen molar-refractivity contribution in [2.75, 3.05) is 6.61 Å². The number of carboxylic acid groups (broad SMARTS) is 1. The van der Waals surface area contributed by atoms with Gasteiger partial charge in [-0.1, -0.05) is 0 Å². The standard InChI is InChI=1S/C12H19NO16S2/c14-2-5-9(7(16)6(11(19)26-5)13-30(20,21)22)28-12-8(29-31(23,24)25)3(15)1-4(27-12)10(17)18/h1,3,5-9,11-16,19H,2H2,(H,17,18)(H,20,21,22)(H,23,24,25)/t3-,5+,6+,7+,8+,9+,11?,12-/m0/s1. The lowest BCUT2D eigenvalue weighted by Gasteiger charge is -2.44. The molecule has 0 saturated carbocycles. The molecule has 0 spiro atoms. The maximum absolute atomic E-state index is 11.1. The smallest absolute Gasteiger partial charge is 0.397 e. The molecule has 0 bridgehead atoms. The molecule has 2 aliphatic heterocycles. The Labute approximate surface area is 174 Å². The molecule has 19 heteroatoms. The summed E-state index contributed by atoms with van der Waals surface area (Å²) in [5, 5.41) is 48.6. The number of aliphatic hydroxyl groups is 4. The van der Waals surface area contributed by atoms with Crippen LogP contribution in [0.4, 0.5) is 0 Å². The monoisotopic (exact) mass is 497 g/mol. The van der Waals surface area contributed by atoms with E-state index in [1.54, 1.807) is 0 Å². The van der Waals surface area contributed by atoms with Gasteiger partial charge in [-0.3, -0.25) is 9.11 Å². The number of hydrogen-bond donors (Lipinski definition) is 8. The van der Waals surface area contributed by atoms with Crippen LogP contribution in [0.15, 0.2) is 11.8 Å². The lowest BCUT2D eigenvalue weighted by molar-refractivity contribution is -0.303. The van der Waals surface area contributed by atoms with E-state index in [-0.39, 0.29) is 0 Å². The summed E-state index contributed by atoms with van der Waals surface area (Å²) < 4.78 is 82.5. The minimum absolute atomic E-state index is 0.516. The van der Waals surface area contributed by atoms with Gasteiger partial charge in [0.15, 0.2) is 12.4 Å². The Hall–Kier alpha value is -1.49. The molecule has 0 radical (unpaired) electrons. The highest BCUT2D eigenvalue weighted by atomic mass is 32.3. The van der Waals surface area contributed by atoms with Gasteiger partial charge < -0.3 is 39.7 Å². The summed E-state index contributed by atoms with van der Waals surface area (Å²) in [6, 6.07) is -1.98. The van der Waals surface area contributed by atoms with Crippen LogP contribution in [0.5, 0.6) is 0 Å². The van der Waals surface area contributed by atoms with Crippen LogP contribution in [0.3, 0.4) is 0 Å². The number of carbonyl (C=O) groups is 1. The van der Waals surface area contributed by atoms with Gasteiger partial charge in [-0.2, -0.15) is 21.6 Å². The van der Waals surface area contributed by atoms with E-state index in [1.165, 1.54) is 4.72 Å². The van der Waals surface area contributed by atoms with Crippen molar-refractivity contribution < 1.29 is 74.7 Å². The van der Waals surface area contributed by atoms with Crippen molar-refractivity contribution in [1.82, 2.24) is 4.72 Å². The SMILES string of the molecule is O=C(O)C1=C[C@H](O)[C@@H](OS(=O)(=O)O)[C@H](O[C@H]2[C@H](O)[C@@H](NS(=O)(=O)O)C(O)O[C@@H]2CO)O1. The number of aliphatic carboxylic acids is 1. The lowest BCUT2D eigenvalue weighted by atomic mass is 9.97. The fraction of sp³-hybridized carbons (Fsp3) is 0.750. The number of nitrogens with one attached hydrogen (secondary N) is 1. The molecule has 1 fully saturated rings. The Kier molecular flexibility index (Phi) is 7.95.